The molecule has 1 aromatic carbocycles. The molecule has 1 atom stereocenters. The molecule has 0 aliphatic carbocycles. The molecule has 2 N–H and O–H groups in total. The van der Waals surface area contributed by atoms with E-state index in [4.69, 9.17) is 9.84 Å². The van der Waals surface area contributed by atoms with Gasteiger partial charge in [0, 0.05) is 6.42 Å². The summed E-state index contributed by atoms with van der Waals surface area (Å²) in [5, 5.41) is 11.5. The van der Waals surface area contributed by atoms with E-state index in [1.165, 1.54) is 0 Å². The van der Waals surface area contributed by atoms with Gasteiger partial charge >= 0.3 is 5.97 Å². The van der Waals surface area contributed by atoms with Crippen LogP contribution in [0.3, 0.4) is 0 Å². The highest BCUT2D eigenvalue weighted by atomic mass is 16.5. The van der Waals surface area contributed by atoms with Crippen LogP contribution in [-0.2, 0) is 4.79 Å². The van der Waals surface area contributed by atoms with Crippen LogP contribution in [0.15, 0.2) is 30.3 Å². The third-order valence-corrected chi connectivity index (χ3v) is 2.07. The number of carbonyl (C=O) groups is 1. The Balaban J connectivity index is 2.30. The first-order valence-electron chi connectivity index (χ1n) is 4.82. The largest absolute Gasteiger partial charge is 0.494 e. The second-order valence-corrected chi connectivity index (χ2v) is 3.13. The highest BCUT2D eigenvalue weighted by Crippen LogP contribution is 2.08. The van der Waals surface area contributed by atoms with Crippen LogP contribution in [0.4, 0.5) is 0 Å². The third kappa shape index (κ3) is 3.99. The Labute approximate surface area is 88.9 Å². The Morgan fingerprint density at radius 2 is 2.13 bits per heavy atom. The average Bonchev–Trinajstić information content (AvgIpc) is 2.25. The van der Waals surface area contributed by atoms with Gasteiger partial charge in [-0.15, -0.1) is 0 Å². The van der Waals surface area contributed by atoms with Crippen LogP contribution in [-0.4, -0.2) is 30.8 Å². The van der Waals surface area contributed by atoms with Crippen LogP contribution in [0, 0.1) is 0 Å². The number of benzene rings is 1. The smallest absolute Gasteiger partial charge is 0.320 e. The summed E-state index contributed by atoms with van der Waals surface area (Å²) >= 11 is 0. The maximum absolute atomic E-state index is 10.7. The lowest BCUT2D eigenvalue weighted by molar-refractivity contribution is -0.139. The van der Waals surface area contributed by atoms with Gasteiger partial charge in [0.15, 0.2) is 0 Å². The number of aliphatic carboxylic acids is 1. The van der Waals surface area contributed by atoms with E-state index in [0.29, 0.717) is 13.0 Å². The molecule has 0 fully saturated rings. The zero-order chi connectivity index (χ0) is 11.1. The van der Waals surface area contributed by atoms with Crippen LogP contribution in [0.2, 0.25) is 0 Å². The number of likely N-dealkylation sites (N-methyl/N-ethyl adjacent to an activating group) is 1. The van der Waals surface area contributed by atoms with Gasteiger partial charge in [-0.05, 0) is 19.2 Å². The van der Waals surface area contributed by atoms with Gasteiger partial charge in [0.1, 0.15) is 11.8 Å². The average molecular weight is 209 g/mol. The molecule has 0 aromatic heterocycles. The van der Waals surface area contributed by atoms with Gasteiger partial charge in [0.2, 0.25) is 0 Å². The van der Waals surface area contributed by atoms with Gasteiger partial charge < -0.3 is 15.2 Å². The predicted molar refractivity (Wildman–Crippen MR) is 57.0 cm³/mol. The molecule has 0 unspecified atom stereocenters. The summed E-state index contributed by atoms with van der Waals surface area (Å²) in [6.45, 7) is 0.391. The number of ether oxygens (including phenoxy) is 1. The Morgan fingerprint density at radius 3 is 2.67 bits per heavy atom. The topological polar surface area (TPSA) is 58.6 Å². The normalized spacial score (nSPS) is 12.1. The van der Waals surface area contributed by atoms with Crippen molar-refractivity contribution in [2.45, 2.75) is 12.5 Å². The first kappa shape index (κ1) is 11.5. The number of hydrogen-bond acceptors (Lipinski definition) is 3. The van der Waals surface area contributed by atoms with Crippen LogP contribution >= 0.6 is 0 Å². The molecule has 15 heavy (non-hydrogen) atoms. The first-order chi connectivity index (χ1) is 7.24. The van der Waals surface area contributed by atoms with Crippen LogP contribution in [0.5, 0.6) is 5.75 Å². The lowest BCUT2D eigenvalue weighted by atomic mass is 10.2. The maximum Gasteiger partial charge on any atom is 0.320 e. The number of rotatable bonds is 6. The number of carboxylic acids is 1. The van der Waals surface area contributed by atoms with Gasteiger partial charge in [0.25, 0.3) is 0 Å². The molecule has 0 radical (unpaired) electrons. The monoisotopic (exact) mass is 209 g/mol. The minimum Gasteiger partial charge on any atom is -0.494 e. The highest BCUT2D eigenvalue weighted by Gasteiger charge is 2.13. The second kappa shape index (κ2) is 6.03. The summed E-state index contributed by atoms with van der Waals surface area (Å²) in [7, 11) is 1.63. The van der Waals surface area contributed by atoms with Crippen LogP contribution < -0.4 is 10.1 Å². The molecule has 0 spiro atoms. The van der Waals surface area contributed by atoms with E-state index < -0.39 is 12.0 Å². The first-order valence-corrected chi connectivity index (χ1v) is 4.82. The van der Waals surface area contributed by atoms with E-state index in [2.05, 4.69) is 5.32 Å². The summed E-state index contributed by atoms with van der Waals surface area (Å²) in [6, 6.07) is 8.79. The van der Waals surface area contributed by atoms with Crippen molar-refractivity contribution < 1.29 is 14.6 Å². The predicted octanol–water partition coefficient (Wildman–Crippen LogP) is 1.13. The Bertz CT molecular complexity index is 300. The van der Waals surface area contributed by atoms with Crippen molar-refractivity contribution in [1.29, 1.82) is 0 Å². The molecule has 82 valence electrons. The lowest BCUT2D eigenvalue weighted by Crippen LogP contribution is -2.35. The molecule has 0 heterocycles. The molecular formula is C11H15NO3. The molecule has 0 amide bonds. The Kier molecular flexibility index (Phi) is 4.63. The standard InChI is InChI=1S/C11H15NO3/c1-12-10(11(13)14)7-8-15-9-5-3-2-4-6-9/h2-6,10,12H,7-8H2,1H3,(H,13,14)/t10-/m1/s1. The van der Waals surface area contributed by atoms with E-state index >= 15 is 0 Å². The zero-order valence-electron chi connectivity index (χ0n) is 8.64. The summed E-state index contributed by atoms with van der Waals surface area (Å²) < 4.78 is 5.39. The summed E-state index contributed by atoms with van der Waals surface area (Å²) in [6.07, 6.45) is 0.445. The molecule has 4 nitrogen and oxygen atoms in total. The van der Waals surface area contributed by atoms with Crippen LogP contribution in [0.25, 0.3) is 0 Å². The highest BCUT2D eigenvalue weighted by molar-refractivity contribution is 5.73. The fourth-order valence-corrected chi connectivity index (χ4v) is 1.20. The van der Waals surface area contributed by atoms with E-state index in [1.54, 1.807) is 7.05 Å². The van der Waals surface area contributed by atoms with E-state index in [1.807, 2.05) is 30.3 Å². The number of carboxylic acid groups (broad SMARTS) is 1. The van der Waals surface area contributed by atoms with Crippen molar-refractivity contribution in [3.05, 3.63) is 30.3 Å². The third-order valence-electron chi connectivity index (χ3n) is 2.07. The molecule has 4 heteroatoms. The Hall–Kier alpha value is -1.55. The van der Waals surface area contributed by atoms with Crippen molar-refractivity contribution in [2.75, 3.05) is 13.7 Å². The van der Waals surface area contributed by atoms with Crippen LogP contribution in [0.1, 0.15) is 6.42 Å². The molecule has 0 saturated heterocycles. The quantitative estimate of drug-likeness (QED) is 0.737. The minimum absolute atomic E-state index is 0.391. The fraction of sp³-hybridized carbons (Fsp3) is 0.364. The van der Waals surface area contributed by atoms with Gasteiger partial charge in [-0.1, -0.05) is 18.2 Å². The molecule has 0 aliphatic heterocycles. The van der Waals surface area contributed by atoms with Crippen molar-refractivity contribution in [3.8, 4) is 5.75 Å². The van der Waals surface area contributed by atoms with Gasteiger partial charge in [-0.25, -0.2) is 0 Å². The molecule has 1 rings (SSSR count). The number of para-hydroxylation sites is 1. The maximum atomic E-state index is 10.7. The summed E-state index contributed by atoms with van der Waals surface area (Å²) in [4.78, 5) is 10.7. The van der Waals surface area contributed by atoms with E-state index in [0.717, 1.165) is 5.75 Å². The molecule has 0 bridgehead atoms. The van der Waals surface area contributed by atoms with E-state index in [-0.39, 0.29) is 0 Å². The Morgan fingerprint density at radius 1 is 1.47 bits per heavy atom. The van der Waals surface area contributed by atoms with Gasteiger partial charge in [-0.3, -0.25) is 4.79 Å². The zero-order valence-corrected chi connectivity index (χ0v) is 8.64. The van der Waals surface area contributed by atoms with Crippen molar-refractivity contribution in [2.24, 2.45) is 0 Å². The van der Waals surface area contributed by atoms with Crippen molar-refractivity contribution >= 4 is 5.97 Å². The molecule has 0 saturated carbocycles. The number of hydrogen-bond donors (Lipinski definition) is 2. The molecular weight excluding hydrogens is 194 g/mol. The van der Waals surface area contributed by atoms with Gasteiger partial charge in [-0.2, -0.15) is 0 Å². The molecule has 1 aromatic rings. The second-order valence-electron chi connectivity index (χ2n) is 3.13. The molecule has 0 aliphatic rings. The summed E-state index contributed by atoms with van der Waals surface area (Å²) in [5.41, 5.74) is 0. The van der Waals surface area contributed by atoms with E-state index in [9.17, 15) is 4.79 Å². The lowest BCUT2D eigenvalue weighted by Gasteiger charge is -2.11. The number of nitrogens with one attached hydrogen (secondary N) is 1. The van der Waals surface area contributed by atoms with Gasteiger partial charge in [0.05, 0.1) is 6.61 Å². The SMILES string of the molecule is CN[C@H](CCOc1ccccc1)C(=O)O. The fourth-order valence-electron chi connectivity index (χ4n) is 1.20. The minimum atomic E-state index is -0.853. The van der Waals surface area contributed by atoms with Crippen molar-refractivity contribution in [1.82, 2.24) is 5.32 Å². The van der Waals surface area contributed by atoms with Crippen molar-refractivity contribution in [3.63, 3.8) is 0 Å². The summed E-state index contributed by atoms with van der Waals surface area (Å²) in [5.74, 6) is -0.0908.